The first-order chi connectivity index (χ1) is 10.9. The highest BCUT2D eigenvalue weighted by Crippen LogP contribution is 2.31. The molecule has 1 rings (SSSR count). The van der Waals surface area contributed by atoms with Crippen molar-refractivity contribution < 1.29 is 14.9 Å². The van der Waals surface area contributed by atoms with E-state index in [0.717, 1.165) is 36.8 Å². The number of ether oxygens (including phenoxy) is 1. The fourth-order valence-electron chi connectivity index (χ4n) is 3.52. The topological polar surface area (TPSA) is 75.7 Å². The summed E-state index contributed by atoms with van der Waals surface area (Å²) in [6, 6.07) is -0.367. The van der Waals surface area contributed by atoms with E-state index in [-0.39, 0.29) is 24.0 Å². The molecule has 0 aliphatic heterocycles. The SMILES string of the molecule is CCC(CC)C(O)C1=CC(OC)C(N)C(C(O)C(CC)CC)=C1. The summed E-state index contributed by atoms with van der Waals surface area (Å²) in [5, 5.41) is 21.5. The van der Waals surface area contributed by atoms with Crippen LogP contribution in [-0.4, -0.2) is 41.7 Å². The van der Waals surface area contributed by atoms with Crippen molar-refractivity contribution >= 4 is 0 Å². The van der Waals surface area contributed by atoms with Gasteiger partial charge in [-0.05, 0) is 29.1 Å². The van der Waals surface area contributed by atoms with Crippen LogP contribution in [0.25, 0.3) is 0 Å². The van der Waals surface area contributed by atoms with Gasteiger partial charge in [0.15, 0.2) is 0 Å². The molecule has 0 aromatic rings. The third kappa shape index (κ3) is 4.66. The maximum atomic E-state index is 10.8. The molecule has 0 heterocycles. The highest BCUT2D eigenvalue weighted by Gasteiger charge is 2.33. The Morgan fingerprint density at radius 1 is 1.00 bits per heavy atom. The third-order valence-electron chi connectivity index (χ3n) is 5.37. The van der Waals surface area contributed by atoms with Gasteiger partial charge >= 0.3 is 0 Å². The van der Waals surface area contributed by atoms with Crippen LogP contribution >= 0.6 is 0 Å². The Morgan fingerprint density at radius 2 is 1.48 bits per heavy atom. The second kappa shape index (κ2) is 9.58. The average Bonchev–Trinajstić information content (AvgIpc) is 2.56. The molecule has 1 aliphatic rings. The lowest BCUT2D eigenvalue weighted by Gasteiger charge is -2.35. The fourth-order valence-corrected chi connectivity index (χ4v) is 3.52. The average molecular weight is 325 g/mol. The molecule has 0 saturated carbocycles. The zero-order chi connectivity index (χ0) is 17.6. The molecule has 4 N–H and O–H groups in total. The Kier molecular flexibility index (Phi) is 8.48. The van der Waals surface area contributed by atoms with Crippen molar-refractivity contribution in [2.75, 3.05) is 7.11 Å². The predicted octanol–water partition coefficient (Wildman–Crippen LogP) is 2.79. The Bertz CT molecular complexity index is 411. The Balaban J connectivity index is 3.15. The quantitative estimate of drug-likeness (QED) is 0.609. The van der Waals surface area contributed by atoms with E-state index in [9.17, 15) is 10.2 Å². The summed E-state index contributed by atoms with van der Waals surface area (Å²) < 4.78 is 5.49. The number of rotatable bonds is 9. The van der Waals surface area contributed by atoms with Crippen LogP contribution in [0.2, 0.25) is 0 Å². The highest BCUT2D eigenvalue weighted by atomic mass is 16.5. The van der Waals surface area contributed by atoms with Gasteiger partial charge in [0, 0.05) is 7.11 Å². The Morgan fingerprint density at radius 3 is 1.91 bits per heavy atom. The molecule has 1 aliphatic carbocycles. The van der Waals surface area contributed by atoms with Crippen molar-refractivity contribution in [3.8, 4) is 0 Å². The van der Waals surface area contributed by atoms with E-state index in [4.69, 9.17) is 10.5 Å². The van der Waals surface area contributed by atoms with Gasteiger partial charge in [0.25, 0.3) is 0 Å². The largest absolute Gasteiger partial charge is 0.388 e. The summed E-state index contributed by atoms with van der Waals surface area (Å²) in [5.74, 6) is 0.380. The van der Waals surface area contributed by atoms with Crippen LogP contribution in [0.1, 0.15) is 53.4 Å². The molecule has 0 fully saturated rings. The molecule has 4 unspecified atom stereocenters. The van der Waals surface area contributed by atoms with Gasteiger partial charge in [-0.1, -0.05) is 59.5 Å². The van der Waals surface area contributed by atoms with Crippen LogP contribution in [-0.2, 0) is 4.74 Å². The monoisotopic (exact) mass is 325 g/mol. The zero-order valence-electron chi connectivity index (χ0n) is 15.3. The number of methoxy groups -OCH3 is 1. The minimum atomic E-state index is -0.588. The minimum Gasteiger partial charge on any atom is -0.388 e. The molecule has 0 aromatic carbocycles. The summed E-state index contributed by atoms with van der Waals surface area (Å²) in [6.45, 7) is 8.33. The van der Waals surface area contributed by atoms with E-state index < -0.39 is 12.2 Å². The lowest BCUT2D eigenvalue weighted by atomic mass is 9.79. The zero-order valence-corrected chi connectivity index (χ0v) is 15.3. The summed E-state index contributed by atoms with van der Waals surface area (Å²) >= 11 is 0. The molecule has 0 aromatic heterocycles. The second-order valence-electron chi connectivity index (χ2n) is 6.58. The highest BCUT2D eigenvalue weighted by molar-refractivity contribution is 5.39. The molecular weight excluding hydrogens is 290 g/mol. The molecule has 0 amide bonds. The molecule has 134 valence electrons. The first-order valence-electron chi connectivity index (χ1n) is 9.02. The molecule has 4 nitrogen and oxygen atoms in total. The van der Waals surface area contributed by atoms with E-state index in [1.807, 2.05) is 12.2 Å². The summed E-state index contributed by atoms with van der Waals surface area (Å²) in [7, 11) is 1.62. The molecule has 4 heteroatoms. The molecule has 0 spiro atoms. The van der Waals surface area contributed by atoms with E-state index in [0.29, 0.717) is 0 Å². The summed E-state index contributed by atoms with van der Waals surface area (Å²) in [6.07, 6.45) is 6.00. The molecule has 0 saturated heterocycles. The van der Waals surface area contributed by atoms with Crippen LogP contribution < -0.4 is 5.73 Å². The van der Waals surface area contributed by atoms with E-state index in [1.54, 1.807) is 7.11 Å². The van der Waals surface area contributed by atoms with Crippen LogP contribution in [0, 0.1) is 11.8 Å². The molecule has 0 bridgehead atoms. The number of aliphatic hydroxyl groups is 2. The maximum absolute atomic E-state index is 10.8. The van der Waals surface area contributed by atoms with Gasteiger partial charge in [-0.2, -0.15) is 0 Å². The Hall–Kier alpha value is -0.680. The lowest BCUT2D eigenvalue weighted by molar-refractivity contribution is 0.0872. The molecule has 23 heavy (non-hydrogen) atoms. The van der Waals surface area contributed by atoms with Crippen molar-refractivity contribution in [1.82, 2.24) is 0 Å². The van der Waals surface area contributed by atoms with Gasteiger partial charge in [0.05, 0.1) is 24.4 Å². The van der Waals surface area contributed by atoms with Gasteiger partial charge in [0.2, 0.25) is 0 Å². The van der Waals surface area contributed by atoms with Gasteiger partial charge in [-0.25, -0.2) is 0 Å². The lowest BCUT2D eigenvalue weighted by Crippen LogP contribution is -2.45. The van der Waals surface area contributed by atoms with Crippen molar-refractivity contribution in [2.24, 2.45) is 17.6 Å². The smallest absolute Gasteiger partial charge is 0.0949 e. The number of hydrogen-bond donors (Lipinski definition) is 3. The normalized spacial score (nSPS) is 24.6. The van der Waals surface area contributed by atoms with Crippen LogP contribution in [0.3, 0.4) is 0 Å². The van der Waals surface area contributed by atoms with Crippen LogP contribution in [0.5, 0.6) is 0 Å². The van der Waals surface area contributed by atoms with E-state index in [1.165, 1.54) is 0 Å². The van der Waals surface area contributed by atoms with Gasteiger partial charge < -0.3 is 20.7 Å². The standard InChI is InChI=1S/C19H35NO3/c1-6-12(7-2)18(21)14-10-15(17(20)16(11-14)23-5)19(22)13(8-3)9-4/h10-13,16-19,21-22H,6-9,20H2,1-5H3. The van der Waals surface area contributed by atoms with Gasteiger partial charge in [-0.3, -0.25) is 0 Å². The van der Waals surface area contributed by atoms with Crippen LogP contribution in [0.4, 0.5) is 0 Å². The first-order valence-corrected chi connectivity index (χ1v) is 9.02. The minimum absolute atomic E-state index is 0.175. The van der Waals surface area contributed by atoms with Crippen molar-refractivity contribution in [2.45, 2.75) is 77.7 Å². The van der Waals surface area contributed by atoms with Gasteiger partial charge in [0.1, 0.15) is 0 Å². The molecule has 4 atom stereocenters. The number of nitrogens with two attached hydrogens (primary N) is 1. The first kappa shape index (κ1) is 20.4. The van der Waals surface area contributed by atoms with Crippen LogP contribution in [0.15, 0.2) is 23.3 Å². The maximum Gasteiger partial charge on any atom is 0.0949 e. The second-order valence-corrected chi connectivity index (χ2v) is 6.58. The van der Waals surface area contributed by atoms with Gasteiger partial charge in [-0.15, -0.1) is 0 Å². The molecule has 0 radical (unpaired) electrons. The van der Waals surface area contributed by atoms with Crippen molar-refractivity contribution in [3.05, 3.63) is 23.3 Å². The number of hydrogen-bond acceptors (Lipinski definition) is 4. The Labute approximate surface area is 141 Å². The number of aliphatic hydroxyl groups excluding tert-OH is 2. The van der Waals surface area contributed by atoms with Crippen molar-refractivity contribution in [1.29, 1.82) is 0 Å². The third-order valence-corrected chi connectivity index (χ3v) is 5.37. The van der Waals surface area contributed by atoms with Crippen molar-refractivity contribution in [3.63, 3.8) is 0 Å². The summed E-state index contributed by atoms with van der Waals surface area (Å²) in [5.41, 5.74) is 7.92. The predicted molar refractivity (Wildman–Crippen MR) is 95.1 cm³/mol. The summed E-state index contributed by atoms with van der Waals surface area (Å²) in [4.78, 5) is 0. The van der Waals surface area contributed by atoms with E-state index >= 15 is 0 Å². The molecular formula is C19H35NO3. The van der Waals surface area contributed by atoms with E-state index in [2.05, 4.69) is 27.7 Å². The fraction of sp³-hybridized carbons (Fsp3) is 0.789.